The number of anilines is 2. The molecule has 0 unspecified atom stereocenters. The van der Waals surface area contributed by atoms with Crippen molar-refractivity contribution in [2.45, 2.75) is 26.2 Å². The second kappa shape index (κ2) is 6.43. The standard InChI is InChI=1S/C16H20N6/c1-2-3-4-8-18-15-12-6-5-11(13-7-9-19-22-13)10-14(12)20-16(17)21-15/h5-7,9-10H,2-4,8H2,1H3,(H,19,22)(H3,17,18,20,21). The van der Waals surface area contributed by atoms with E-state index in [1.165, 1.54) is 12.8 Å². The van der Waals surface area contributed by atoms with E-state index in [2.05, 4.69) is 32.4 Å². The molecule has 0 aliphatic rings. The lowest BCUT2D eigenvalue weighted by Gasteiger charge is -2.10. The Kier molecular flexibility index (Phi) is 4.18. The van der Waals surface area contributed by atoms with Crippen molar-refractivity contribution in [3.8, 4) is 11.3 Å². The number of rotatable bonds is 6. The van der Waals surface area contributed by atoms with Gasteiger partial charge >= 0.3 is 0 Å². The van der Waals surface area contributed by atoms with Crippen LogP contribution in [0, 0.1) is 0 Å². The molecule has 3 aromatic rings. The number of nitrogens with two attached hydrogens (primary N) is 1. The Labute approximate surface area is 129 Å². The van der Waals surface area contributed by atoms with Gasteiger partial charge in [-0.2, -0.15) is 10.1 Å². The topological polar surface area (TPSA) is 92.5 Å². The van der Waals surface area contributed by atoms with E-state index >= 15 is 0 Å². The van der Waals surface area contributed by atoms with Crippen LogP contribution in [0.15, 0.2) is 30.5 Å². The normalized spacial score (nSPS) is 11.0. The molecule has 0 aliphatic carbocycles. The van der Waals surface area contributed by atoms with Gasteiger partial charge in [0.1, 0.15) is 5.82 Å². The van der Waals surface area contributed by atoms with Gasteiger partial charge in [0.2, 0.25) is 5.95 Å². The van der Waals surface area contributed by atoms with E-state index in [9.17, 15) is 0 Å². The molecule has 0 saturated heterocycles. The molecule has 0 saturated carbocycles. The van der Waals surface area contributed by atoms with Crippen molar-refractivity contribution in [1.29, 1.82) is 0 Å². The summed E-state index contributed by atoms with van der Waals surface area (Å²) in [6.07, 6.45) is 5.25. The zero-order valence-corrected chi connectivity index (χ0v) is 12.6. The molecule has 2 aromatic heterocycles. The Balaban J connectivity index is 1.92. The maximum atomic E-state index is 5.84. The molecule has 6 heteroatoms. The highest BCUT2D eigenvalue weighted by Gasteiger charge is 2.08. The van der Waals surface area contributed by atoms with Gasteiger partial charge in [-0.25, -0.2) is 4.98 Å². The first kappa shape index (κ1) is 14.3. The van der Waals surface area contributed by atoms with Crippen LogP contribution in [0.4, 0.5) is 11.8 Å². The van der Waals surface area contributed by atoms with Gasteiger partial charge in [0.25, 0.3) is 0 Å². The number of aromatic nitrogens is 4. The number of H-pyrrole nitrogens is 1. The Hall–Kier alpha value is -2.63. The van der Waals surface area contributed by atoms with Crippen molar-refractivity contribution in [2.75, 3.05) is 17.6 Å². The number of nitrogen functional groups attached to an aromatic ring is 1. The first-order chi connectivity index (χ1) is 10.8. The van der Waals surface area contributed by atoms with Crippen molar-refractivity contribution in [1.82, 2.24) is 20.2 Å². The lowest BCUT2D eigenvalue weighted by Crippen LogP contribution is -2.06. The fourth-order valence-electron chi connectivity index (χ4n) is 2.45. The maximum Gasteiger partial charge on any atom is 0.222 e. The summed E-state index contributed by atoms with van der Waals surface area (Å²) < 4.78 is 0. The molecule has 0 fully saturated rings. The maximum absolute atomic E-state index is 5.84. The molecular weight excluding hydrogens is 276 g/mol. The SMILES string of the molecule is CCCCCNc1nc(N)nc2cc(-c3ccn[nH]3)ccc12. The summed E-state index contributed by atoms with van der Waals surface area (Å²) in [6, 6.07) is 7.98. The lowest BCUT2D eigenvalue weighted by molar-refractivity contribution is 0.743. The van der Waals surface area contributed by atoms with Gasteiger partial charge in [0, 0.05) is 23.7 Å². The van der Waals surface area contributed by atoms with E-state index in [1.54, 1.807) is 6.20 Å². The average molecular weight is 296 g/mol. The smallest absolute Gasteiger partial charge is 0.222 e. The van der Waals surface area contributed by atoms with Crippen LogP contribution in [0.3, 0.4) is 0 Å². The van der Waals surface area contributed by atoms with Crippen molar-refractivity contribution in [3.63, 3.8) is 0 Å². The number of benzene rings is 1. The van der Waals surface area contributed by atoms with E-state index in [-0.39, 0.29) is 5.95 Å². The van der Waals surface area contributed by atoms with Gasteiger partial charge in [-0.15, -0.1) is 0 Å². The van der Waals surface area contributed by atoms with E-state index < -0.39 is 0 Å². The highest BCUT2D eigenvalue weighted by atomic mass is 15.1. The predicted molar refractivity (Wildman–Crippen MR) is 89.5 cm³/mol. The third-order valence-corrected chi connectivity index (χ3v) is 3.60. The van der Waals surface area contributed by atoms with Gasteiger partial charge in [-0.3, -0.25) is 5.10 Å². The number of hydrogen-bond donors (Lipinski definition) is 3. The molecule has 114 valence electrons. The van der Waals surface area contributed by atoms with Crippen LogP contribution < -0.4 is 11.1 Å². The Morgan fingerprint density at radius 1 is 1.18 bits per heavy atom. The number of aromatic amines is 1. The molecular formula is C16H20N6. The molecule has 0 aliphatic heterocycles. The average Bonchev–Trinajstić information content (AvgIpc) is 3.05. The molecule has 2 heterocycles. The minimum absolute atomic E-state index is 0.284. The number of nitrogens with zero attached hydrogens (tertiary/aromatic N) is 3. The first-order valence-corrected chi connectivity index (χ1v) is 7.59. The quantitative estimate of drug-likeness (QED) is 0.607. The van der Waals surface area contributed by atoms with Crippen LogP contribution in [0.2, 0.25) is 0 Å². The van der Waals surface area contributed by atoms with Gasteiger partial charge in [-0.1, -0.05) is 25.8 Å². The fraction of sp³-hybridized carbons (Fsp3) is 0.312. The predicted octanol–water partition coefficient (Wildman–Crippen LogP) is 3.20. The van der Waals surface area contributed by atoms with Crippen LogP contribution in [-0.2, 0) is 0 Å². The summed E-state index contributed by atoms with van der Waals surface area (Å²) in [7, 11) is 0. The lowest BCUT2D eigenvalue weighted by atomic mass is 10.1. The van der Waals surface area contributed by atoms with E-state index in [0.717, 1.165) is 40.9 Å². The summed E-state index contributed by atoms with van der Waals surface area (Å²) >= 11 is 0. The van der Waals surface area contributed by atoms with Gasteiger partial charge < -0.3 is 11.1 Å². The summed E-state index contributed by atoms with van der Waals surface area (Å²) in [5.41, 5.74) is 8.66. The zero-order chi connectivity index (χ0) is 15.4. The summed E-state index contributed by atoms with van der Waals surface area (Å²) in [5, 5.41) is 11.3. The van der Waals surface area contributed by atoms with Crippen LogP contribution in [0.5, 0.6) is 0 Å². The first-order valence-electron chi connectivity index (χ1n) is 7.59. The summed E-state index contributed by atoms with van der Waals surface area (Å²) in [5.74, 6) is 1.09. The largest absolute Gasteiger partial charge is 0.369 e. The Morgan fingerprint density at radius 2 is 2.09 bits per heavy atom. The van der Waals surface area contributed by atoms with Gasteiger partial charge in [0.15, 0.2) is 0 Å². The Morgan fingerprint density at radius 3 is 2.86 bits per heavy atom. The van der Waals surface area contributed by atoms with Crippen LogP contribution in [-0.4, -0.2) is 26.7 Å². The molecule has 3 rings (SSSR count). The minimum atomic E-state index is 0.284. The Bertz CT molecular complexity index is 751. The zero-order valence-electron chi connectivity index (χ0n) is 12.6. The van der Waals surface area contributed by atoms with Crippen molar-refractivity contribution in [3.05, 3.63) is 30.5 Å². The summed E-state index contributed by atoms with van der Waals surface area (Å²) in [4.78, 5) is 8.67. The molecule has 22 heavy (non-hydrogen) atoms. The van der Waals surface area contributed by atoms with Gasteiger partial charge in [0.05, 0.1) is 11.2 Å². The molecule has 0 spiro atoms. The minimum Gasteiger partial charge on any atom is -0.369 e. The van der Waals surface area contributed by atoms with Gasteiger partial charge in [-0.05, 0) is 24.6 Å². The van der Waals surface area contributed by atoms with Crippen LogP contribution in [0.25, 0.3) is 22.2 Å². The number of unbranched alkanes of at least 4 members (excludes halogenated alkanes) is 2. The summed E-state index contributed by atoms with van der Waals surface area (Å²) in [6.45, 7) is 3.08. The van der Waals surface area contributed by atoms with Crippen molar-refractivity contribution in [2.24, 2.45) is 0 Å². The molecule has 1 aromatic carbocycles. The molecule has 0 radical (unpaired) electrons. The fourth-order valence-corrected chi connectivity index (χ4v) is 2.45. The van der Waals surface area contributed by atoms with Crippen molar-refractivity contribution >= 4 is 22.7 Å². The molecule has 0 bridgehead atoms. The van der Waals surface area contributed by atoms with E-state index in [0.29, 0.717) is 0 Å². The van der Waals surface area contributed by atoms with E-state index in [4.69, 9.17) is 5.73 Å². The molecule has 0 amide bonds. The second-order valence-corrected chi connectivity index (χ2v) is 5.27. The highest BCUT2D eigenvalue weighted by Crippen LogP contribution is 2.26. The number of fused-ring (bicyclic) bond motifs is 1. The number of nitrogens with one attached hydrogen (secondary N) is 2. The second-order valence-electron chi connectivity index (χ2n) is 5.27. The monoisotopic (exact) mass is 296 g/mol. The molecule has 0 atom stereocenters. The van der Waals surface area contributed by atoms with Crippen LogP contribution >= 0.6 is 0 Å². The molecule has 6 nitrogen and oxygen atoms in total. The van der Waals surface area contributed by atoms with E-state index in [1.807, 2.05) is 24.3 Å². The third-order valence-electron chi connectivity index (χ3n) is 3.60. The number of hydrogen-bond acceptors (Lipinski definition) is 5. The molecule has 4 N–H and O–H groups in total. The van der Waals surface area contributed by atoms with Crippen molar-refractivity contribution < 1.29 is 0 Å². The third kappa shape index (κ3) is 3.00. The highest BCUT2D eigenvalue weighted by molar-refractivity contribution is 5.92. The van der Waals surface area contributed by atoms with Crippen LogP contribution in [0.1, 0.15) is 26.2 Å².